The molecule has 1 atom stereocenters. The summed E-state index contributed by atoms with van der Waals surface area (Å²) in [5, 5.41) is 8.39. The first-order valence-electron chi connectivity index (χ1n) is 7.48. The molecule has 1 aromatic carbocycles. The number of hydrogen-bond donors (Lipinski definition) is 0. The van der Waals surface area contributed by atoms with Gasteiger partial charge in [-0.2, -0.15) is 0 Å². The van der Waals surface area contributed by atoms with Crippen LogP contribution >= 0.6 is 0 Å². The molecule has 3 heterocycles. The summed E-state index contributed by atoms with van der Waals surface area (Å²) in [5.74, 6) is 1.56. The maximum atomic E-state index is 5.94. The Morgan fingerprint density at radius 1 is 1.22 bits per heavy atom. The van der Waals surface area contributed by atoms with Crippen LogP contribution in [0, 0.1) is 6.92 Å². The molecule has 6 heteroatoms. The van der Waals surface area contributed by atoms with Crippen LogP contribution in [0.25, 0.3) is 11.3 Å². The lowest BCUT2D eigenvalue weighted by Crippen LogP contribution is -2.33. The van der Waals surface area contributed by atoms with Gasteiger partial charge in [-0.15, -0.1) is 5.10 Å². The average molecular weight is 308 g/mol. The fraction of sp³-hybridized carbons (Fsp3) is 0.235. The largest absolute Gasteiger partial charge is 0.486 e. The Bertz CT molecular complexity index is 831. The molecule has 23 heavy (non-hydrogen) atoms. The van der Waals surface area contributed by atoms with E-state index in [1.165, 1.54) is 0 Å². The molecule has 116 valence electrons. The molecule has 0 aliphatic carbocycles. The van der Waals surface area contributed by atoms with Gasteiger partial charge in [-0.3, -0.25) is 4.98 Å². The first-order valence-corrected chi connectivity index (χ1v) is 7.48. The zero-order valence-electron chi connectivity index (χ0n) is 12.7. The predicted octanol–water partition coefficient (Wildman–Crippen LogP) is 2.49. The van der Waals surface area contributed by atoms with Crippen molar-refractivity contribution in [2.45, 2.75) is 19.6 Å². The van der Waals surface area contributed by atoms with Crippen molar-refractivity contribution in [2.75, 3.05) is 6.61 Å². The predicted molar refractivity (Wildman–Crippen MR) is 84.3 cm³/mol. The number of rotatable bonds is 3. The van der Waals surface area contributed by atoms with Gasteiger partial charge in [-0.05, 0) is 30.7 Å². The molecule has 0 saturated carbocycles. The second kappa shape index (κ2) is 5.72. The van der Waals surface area contributed by atoms with Gasteiger partial charge in [0.15, 0.2) is 17.6 Å². The first-order chi connectivity index (χ1) is 11.3. The number of ether oxygens (including phenoxy) is 2. The minimum absolute atomic E-state index is 0.0879. The zero-order valence-corrected chi connectivity index (χ0v) is 12.7. The highest BCUT2D eigenvalue weighted by atomic mass is 16.6. The molecule has 1 aliphatic rings. The van der Waals surface area contributed by atoms with Crippen LogP contribution in [0.15, 0.2) is 48.9 Å². The Balaban J connectivity index is 1.48. The molecule has 6 nitrogen and oxygen atoms in total. The molecule has 0 radical (unpaired) electrons. The topological polar surface area (TPSA) is 62.1 Å². The van der Waals surface area contributed by atoms with Gasteiger partial charge in [0.25, 0.3) is 0 Å². The van der Waals surface area contributed by atoms with Crippen LogP contribution < -0.4 is 9.47 Å². The maximum absolute atomic E-state index is 5.94. The van der Waals surface area contributed by atoms with Gasteiger partial charge in [0, 0.05) is 18.0 Å². The summed E-state index contributed by atoms with van der Waals surface area (Å²) in [6, 6.07) is 9.72. The minimum Gasteiger partial charge on any atom is -0.486 e. The quantitative estimate of drug-likeness (QED) is 0.744. The van der Waals surface area contributed by atoms with Crippen LogP contribution in [0.2, 0.25) is 0 Å². The Morgan fingerprint density at radius 2 is 2.09 bits per heavy atom. The smallest absolute Gasteiger partial charge is 0.161 e. The van der Waals surface area contributed by atoms with E-state index in [1.54, 1.807) is 10.9 Å². The lowest BCUT2D eigenvalue weighted by molar-refractivity contribution is 0.0755. The molecule has 1 unspecified atom stereocenters. The number of para-hydroxylation sites is 2. The molecule has 0 N–H and O–H groups in total. The summed E-state index contributed by atoms with van der Waals surface area (Å²) in [5.41, 5.74) is 2.86. The van der Waals surface area contributed by atoms with Gasteiger partial charge >= 0.3 is 0 Å². The van der Waals surface area contributed by atoms with Crippen LogP contribution in [-0.4, -0.2) is 32.7 Å². The standard InChI is InChI=1S/C17H16N4O2/c1-12-6-13(8-18-7-12)15-10-21(20-19-15)9-14-11-22-16-4-2-3-5-17(16)23-14/h2-8,10,14H,9,11H2,1H3. The lowest BCUT2D eigenvalue weighted by Gasteiger charge is -2.26. The van der Waals surface area contributed by atoms with Crippen molar-refractivity contribution in [3.8, 4) is 22.8 Å². The Labute approximate surface area is 133 Å². The van der Waals surface area contributed by atoms with Crippen LogP contribution in [0.5, 0.6) is 11.5 Å². The molecule has 0 bridgehead atoms. The summed E-state index contributed by atoms with van der Waals surface area (Å²) < 4.78 is 13.4. The van der Waals surface area contributed by atoms with Crippen molar-refractivity contribution in [3.63, 3.8) is 0 Å². The van der Waals surface area contributed by atoms with Gasteiger partial charge in [0.2, 0.25) is 0 Å². The number of benzene rings is 1. The number of fused-ring (bicyclic) bond motifs is 1. The second-order valence-corrected chi connectivity index (χ2v) is 5.57. The third-order valence-electron chi connectivity index (χ3n) is 3.67. The van der Waals surface area contributed by atoms with Crippen molar-refractivity contribution >= 4 is 0 Å². The van der Waals surface area contributed by atoms with Crippen LogP contribution in [0.1, 0.15) is 5.56 Å². The first kappa shape index (κ1) is 13.8. The van der Waals surface area contributed by atoms with E-state index in [-0.39, 0.29) is 6.10 Å². The van der Waals surface area contributed by atoms with E-state index in [1.807, 2.05) is 49.6 Å². The summed E-state index contributed by atoms with van der Waals surface area (Å²) >= 11 is 0. The van der Waals surface area contributed by atoms with Crippen LogP contribution in [0.4, 0.5) is 0 Å². The summed E-state index contributed by atoms with van der Waals surface area (Å²) in [4.78, 5) is 4.19. The van der Waals surface area contributed by atoms with Gasteiger partial charge in [0.1, 0.15) is 12.3 Å². The van der Waals surface area contributed by atoms with E-state index in [2.05, 4.69) is 15.3 Å². The molecule has 0 amide bonds. The van der Waals surface area contributed by atoms with E-state index in [0.29, 0.717) is 13.2 Å². The SMILES string of the molecule is Cc1cncc(-c2cn(CC3COc4ccccc4O3)nn2)c1. The average Bonchev–Trinajstić information content (AvgIpc) is 3.03. The highest BCUT2D eigenvalue weighted by Gasteiger charge is 2.21. The summed E-state index contributed by atoms with van der Waals surface area (Å²) in [6.45, 7) is 3.09. The van der Waals surface area contributed by atoms with Gasteiger partial charge in [0.05, 0.1) is 12.7 Å². The summed E-state index contributed by atoms with van der Waals surface area (Å²) in [6.07, 6.45) is 5.42. The normalized spacial score (nSPS) is 16.3. The second-order valence-electron chi connectivity index (χ2n) is 5.57. The van der Waals surface area contributed by atoms with Crippen LogP contribution in [-0.2, 0) is 6.54 Å². The molecule has 4 rings (SSSR count). The van der Waals surface area contributed by atoms with Gasteiger partial charge in [-0.1, -0.05) is 17.3 Å². The van der Waals surface area contributed by atoms with Crippen molar-refractivity contribution in [2.24, 2.45) is 0 Å². The molecular formula is C17H16N4O2. The van der Waals surface area contributed by atoms with Crippen molar-refractivity contribution in [3.05, 3.63) is 54.5 Å². The highest BCUT2D eigenvalue weighted by Crippen LogP contribution is 2.31. The third-order valence-corrected chi connectivity index (χ3v) is 3.67. The number of nitrogens with zero attached hydrogens (tertiary/aromatic N) is 4. The van der Waals surface area contributed by atoms with Crippen molar-refractivity contribution in [1.29, 1.82) is 0 Å². The van der Waals surface area contributed by atoms with Gasteiger partial charge < -0.3 is 9.47 Å². The van der Waals surface area contributed by atoms with Crippen molar-refractivity contribution in [1.82, 2.24) is 20.0 Å². The lowest BCUT2D eigenvalue weighted by atomic mass is 10.2. The van der Waals surface area contributed by atoms with E-state index in [9.17, 15) is 0 Å². The van der Waals surface area contributed by atoms with E-state index in [4.69, 9.17) is 9.47 Å². The monoisotopic (exact) mass is 308 g/mol. The molecular weight excluding hydrogens is 292 g/mol. The van der Waals surface area contributed by atoms with Crippen LogP contribution in [0.3, 0.4) is 0 Å². The van der Waals surface area contributed by atoms with Crippen molar-refractivity contribution < 1.29 is 9.47 Å². The third kappa shape index (κ3) is 2.88. The highest BCUT2D eigenvalue weighted by molar-refractivity contribution is 5.56. The zero-order chi connectivity index (χ0) is 15.6. The molecule has 1 aliphatic heterocycles. The maximum Gasteiger partial charge on any atom is 0.161 e. The minimum atomic E-state index is -0.0879. The fourth-order valence-electron chi connectivity index (χ4n) is 2.58. The number of hydrogen-bond acceptors (Lipinski definition) is 5. The van der Waals surface area contributed by atoms with Gasteiger partial charge in [-0.25, -0.2) is 4.68 Å². The van der Waals surface area contributed by atoms with E-state index >= 15 is 0 Å². The molecule has 0 spiro atoms. The summed E-state index contributed by atoms with van der Waals surface area (Å²) in [7, 11) is 0. The molecule has 0 saturated heterocycles. The molecule has 3 aromatic rings. The number of pyridine rings is 1. The Hall–Kier alpha value is -2.89. The number of aryl methyl sites for hydroxylation is 1. The Morgan fingerprint density at radius 3 is 2.96 bits per heavy atom. The van der Waals surface area contributed by atoms with E-state index in [0.717, 1.165) is 28.3 Å². The number of aromatic nitrogens is 4. The molecule has 2 aromatic heterocycles. The van der Waals surface area contributed by atoms with E-state index < -0.39 is 0 Å². The molecule has 0 fully saturated rings. The fourth-order valence-corrected chi connectivity index (χ4v) is 2.58. The Kier molecular flexibility index (Phi) is 3.42.